The van der Waals surface area contributed by atoms with Gasteiger partial charge in [-0.2, -0.15) is 13.2 Å². The minimum atomic E-state index is -4.45. The van der Waals surface area contributed by atoms with Crippen molar-refractivity contribution in [1.29, 1.82) is 0 Å². The van der Waals surface area contributed by atoms with Crippen LogP contribution in [-0.4, -0.2) is 34.7 Å². The van der Waals surface area contributed by atoms with E-state index in [1.807, 2.05) is 0 Å². The Kier molecular flexibility index (Phi) is 5.32. The number of halogens is 4. The van der Waals surface area contributed by atoms with Gasteiger partial charge in [-0.1, -0.05) is 0 Å². The van der Waals surface area contributed by atoms with Gasteiger partial charge in [0, 0.05) is 12.7 Å². The molecule has 2 atom stereocenters. The summed E-state index contributed by atoms with van der Waals surface area (Å²) in [5.41, 5.74) is -0.875. The van der Waals surface area contributed by atoms with E-state index in [0.717, 1.165) is 12.1 Å². The summed E-state index contributed by atoms with van der Waals surface area (Å²) in [6, 6.07) is 1.38. The molecule has 1 saturated heterocycles. The fraction of sp³-hybridized carbons (Fsp3) is 0.455. The van der Waals surface area contributed by atoms with Crippen LogP contribution in [0.2, 0.25) is 0 Å². The normalized spacial score (nSPS) is 22.2. The van der Waals surface area contributed by atoms with Gasteiger partial charge in [-0.25, -0.2) is 4.98 Å². The summed E-state index contributed by atoms with van der Waals surface area (Å²) in [6.07, 6.45) is -4.11. The van der Waals surface area contributed by atoms with E-state index < -0.39 is 29.8 Å². The van der Waals surface area contributed by atoms with Gasteiger partial charge in [0.25, 0.3) is 0 Å². The molecule has 1 aliphatic heterocycles. The molecule has 20 heavy (non-hydrogen) atoms. The highest BCUT2D eigenvalue weighted by Gasteiger charge is 2.31. The zero-order valence-electron chi connectivity index (χ0n) is 10.1. The van der Waals surface area contributed by atoms with Crippen molar-refractivity contribution >= 4 is 24.1 Å². The van der Waals surface area contributed by atoms with E-state index in [1.165, 1.54) is 0 Å². The van der Waals surface area contributed by atoms with Crippen molar-refractivity contribution in [3.63, 3.8) is 0 Å². The third-order valence-corrected chi connectivity index (χ3v) is 2.77. The fourth-order valence-corrected chi connectivity index (χ4v) is 1.77. The van der Waals surface area contributed by atoms with E-state index in [9.17, 15) is 23.1 Å². The number of alkyl halides is 3. The average molecular weight is 312 g/mol. The quantitative estimate of drug-likeness (QED) is 0.767. The number of rotatable bonds is 2. The zero-order chi connectivity index (χ0) is 14.0. The molecule has 112 valence electrons. The van der Waals surface area contributed by atoms with Gasteiger partial charge in [0.15, 0.2) is 0 Å². The highest BCUT2D eigenvalue weighted by atomic mass is 35.5. The van der Waals surface area contributed by atoms with Crippen LogP contribution in [0.4, 0.5) is 19.0 Å². The Morgan fingerprint density at radius 2 is 2.15 bits per heavy atom. The van der Waals surface area contributed by atoms with Crippen molar-refractivity contribution in [3.8, 4) is 0 Å². The third-order valence-electron chi connectivity index (χ3n) is 2.77. The summed E-state index contributed by atoms with van der Waals surface area (Å²) in [4.78, 5) is 15.2. The van der Waals surface area contributed by atoms with Crippen LogP contribution in [0.3, 0.4) is 0 Å². The van der Waals surface area contributed by atoms with Crippen molar-refractivity contribution in [2.75, 3.05) is 11.9 Å². The lowest BCUT2D eigenvalue weighted by molar-refractivity contribution is -0.137. The van der Waals surface area contributed by atoms with Gasteiger partial charge in [0.05, 0.1) is 17.7 Å². The van der Waals surface area contributed by atoms with Crippen LogP contribution in [0.15, 0.2) is 18.3 Å². The lowest BCUT2D eigenvalue weighted by atomic mass is 10.2. The molecule has 2 rings (SSSR count). The molecule has 1 amide bonds. The number of hydrogen-bond donors (Lipinski definition) is 3. The molecule has 1 aromatic rings. The molecule has 0 aromatic carbocycles. The van der Waals surface area contributed by atoms with Crippen LogP contribution < -0.4 is 10.6 Å². The number of carbonyl (C=O) groups is 1. The first-order chi connectivity index (χ1) is 8.86. The highest BCUT2D eigenvalue weighted by Crippen LogP contribution is 2.28. The Labute approximate surface area is 119 Å². The van der Waals surface area contributed by atoms with Crippen molar-refractivity contribution in [3.05, 3.63) is 23.9 Å². The van der Waals surface area contributed by atoms with Crippen LogP contribution in [0.1, 0.15) is 12.0 Å². The molecule has 0 unspecified atom stereocenters. The van der Waals surface area contributed by atoms with Gasteiger partial charge < -0.3 is 15.7 Å². The summed E-state index contributed by atoms with van der Waals surface area (Å²) >= 11 is 0. The summed E-state index contributed by atoms with van der Waals surface area (Å²) in [5, 5.41) is 14.4. The summed E-state index contributed by atoms with van der Waals surface area (Å²) in [6.45, 7) is 0.318. The summed E-state index contributed by atoms with van der Waals surface area (Å²) in [7, 11) is 0. The maximum Gasteiger partial charge on any atom is 0.417 e. The van der Waals surface area contributed by atoms with Gasteiger partial charge in [-0.3, -0.25) is 4.79 Å². The Morgan fingerprint density at radius 1 is 1.45 bits per heavy atom. The number of pyridine rings is 1. The molecule has 0 spiro atoms. The van der Waals surface area contributed by atoms with Gasteiger partial charge in [-0.15, -0.1) is 12.4 Å². The molecule has 1 aliphatic rings. The van der Waals surface area contributed by atoms with Gasteiger partial charge >= 0.3 is 6.18 Å². The van der Waals surface area contributed by atoms with Crippen molar-refractivity contribution in [1.82, 2.24) is 10.3 Å². The topological polar surface area (TPSA) is 74.2 Å². The van der Waals surface area contributed by atoms with Gasteiger partial charge in [-0.05, 0) is 18.6 Å². The number of hydrogen-bond acceptors (Lipinski definition) is 4. The maximum atomic E-state index is 12.3. The Hall–Kier alpha value is -1.38. The van der Waals surface area contributed by atoms with E-state index in [1.54, 1.807) is 0 Å². The Balaban J connectivity index is 0.00000200. The van der Waals surface area contributed by atoms with E-state index in [2.05, 4.69) is 15.6 Å². The second kappa shape index (κ2) is 6.38. The van der Waals surface area contributed by atoms with Crippen LogP contribution in [0.5, 0.6) is 0 Å². The predicted molar refractivity (Wildman–Crippen MR) is 67.5 cm³/mol. The molecule has 1 aromatic heterocycles. The first kappa shape index (κ1) is 16.7. The minimum absolute atomic E-state index is 0. The third kappa shape index (κ3) is 4.06. The van der Waals surface area contributed by atoms with Gasteiger partial charge in [0.1, 0.15) is 5.82 Å². The molecular formula is C11H13ClF3N3O2. The van der Waals surface area contributed by atoms with Crippen LogP contribution in [0, 0.1) is 0 Å². The van der Waals surface area contributed by atoms with Crippen molar-refractivity contribution < 1.29 is 23.1 Å². The van der Waals surface area contributed by atoms with Crippen LogP contribution >= 0.6 is 12.4 Å². The first-order valence-electron chi connectivity index (χ1n) is 5.62. The highest BCUT2D eigenvalue weighted by molar-refractivity contribution is 5.94. The largest absolute Gasteiger partial charge is 0.417 e. The number of aliphatic hydroxyl groups excluding tert-OH is 1. The predicted octanol–water partition coefficient (Wildman–Crippen LogP) is 1.18. The van der Waals surface area contributed by atoms with Gasteiger partial charge in [0.2, 0.25) is 5.91 Å². The Bertz CT molecular complexity index is 467. The number of aliphatic hydroxyl groups is 1. The number of anilines is 1. The molecule has 0 bridgehead atoms. The SMILES string of the molecule is Cl.O=C(Nc1ccc(C(F)(F)F)cn1)[C@@H]1C[C@@H](O)CN1. The number of carbonyl (C=O) groups excluding carboxylic acids is 1. The molecule has 5 nitrogen and oxygen atoms in total. The average Bonchev–Trinajstić information content (AvgIpc) is 2.75. The van der Waals surface area contributed by atoms with Crippen molar-refractivity contribution in [2.24, 2.45) is 0 Å². The van der Waals surface area contributed by atoms with Crippen LogP contribution in [-0.2, 0) is 11.0 Å². The molecule has 0 saturated carbocycles. The fourth-order valence-electron chi connectivity index (χ4n) is 1.77. The molecule has 0 radical (unpaired) electrons. The number of nitrogens with one attached hydrogen (secondary N) is 2. The second-order valence-corrected chi connectivity index (χ2v) is 4.27. The van der Waals surface area contributed by atoms with Crippen LogP contribution in [0.25, 0.3) is 0 Å². The molecule has 3 N–H and O–H groups in total. The molecule has 1 fully saturated rings. The number of amides is 1. The first-order valence-corrected chi connectivity index (χ1v) is 5.62. The van der Waals surface area contributed by atoms with Crippen molar-refractivity contribution in [2.45, 2.75) is 24.7 Å². The standard InChI is InChI=1S/C11H12F3N3O2.ClH/c12-11(13,14)6-1-2-9(16-4-6)17-10(19)8-3-7(18)5-15-8;/h1-2,4,7-8,15,18H,3,5H2,(H,16,17,19);1H/t7-,8+;/m1./s1. The summed E-state index contributed by atoms with van der Waals surface area (Å²) in [5.74, 6) is -0.384. The smallest absolute Gasteiger partial charge is 0.392 e. The monoisotopic (exact) mass is 311 g/mol. The molecular weight excluding hydrogens is 299 g/mol. The zero-order valence-corrected chi connectivity index (χ0v) is 11.0. The number of aromatic nitrogens is 1. The van der Waals surface area contributed by atoms with E-state index in [0.29, 0.717) is 12.7 Å². The number of nitrogens with zero attached hydrogens (tertiary/aromatic N) is 1. The molecule has 0 aliphatic carbocycles. The second-order valence-electron chi connectivity index (χ2n) is 4.27. The van der Waals surface area contributed by atoms with E-state index in [4.69, 9.17) is 0 Å². The van der Waals surface area contributed by atoms with E-state index >= 15 is 0 Å². The number of β-amino-alcohol motifs (C(OH)–C–C–N with tert-alkyl or cyclic N) is 1. The Morgan fingerprint density at radius 3 is 2.60 bits per heavy atom. The lowest BCUT2D eigenvalue weighted by Crippen LogP contribution is -2.35. The minimum Gasteiger partial charge on any atom is -0.392 e. The lowest BCUT2D eigenvalue weighted by Gasteiger charge is -2.11. The summed E-state index contributed by atoms with van der Waals surface area (Å²) < 4.78 is 36.9. The van der Waals surface area contributed by atoms with E-state index in [-0.39, 0.29) is 24.6 Å². The molecule has 2 heterocycles. The molecule has 9 heteroatoms. The maximum absolute atomic E-state index is 12.3.